The number of aromatic nitrogens is 2. The Bertz CT molecular complexity index is 416. The molecule has 0 bridgehead atoms. The Hall–Kier alpha value is -1.33. The van der Waals surface area contributed by atoms with E-state index >= 15 is 0 Å². The second-order valence-electron chi connectivity index (χ2n) is 2.81. The third-order valence-electron chi connectivity index (χ3n) is 1.74. The predicted octanol–water partition coefficient (Wildman–Crippen LogP) is 1.82. The summed E-state index contributed by atoms with van der Waals surface area (Å²) in [5, 5.41) is 16.9. The SMILES string of the molecule is OCCSc1nnc(-c2ccccc2)o1. The van der Waals surface area contributed by atoms with Gasteiger partial charge < -0.3 is 9.52 Å². The van der Waals surface area contributed by atoms with E-state index in [0.717, 1.165) is 5.56 Å². The fourth-order valence-corrected chi connectivity index (χ4v) is 1.60. The fraction of sp³-hybridized carbons (Fsp3) is 0.200. The van der Waals surface area contributed by atoms with Crippen LogP contribution in [0.2, 0.25) is 0 Å². The van der Waals surface area contributed by atoms with Crippen molar-refractivity contribution in [3.8, 4) is 11.5 Å². The summed E-state index contributed by atoms with van der Waals surface area (Å²) in [7, 11) is 0. The molecule has 1 heterocycles. The zero-order valence-corrected chi connectivity index (χ0v) is 8.78. The van der Waals surface area contributed by atoms with Crippen molar-refractivity contribution in [3.63, 3.8) is 0 Å². The molecular formula is C10H10N2O2S. The molecular weight excluding hydrogens is 212 g/mol. The summed E-state index contributed by atoms with van der Waals surface area (Å²) in [5.41, 5.74) is 0.904. The van der Waals surface area contributed by atoms with E-state index in [1.165, 1.54) is 11.8 Å². The highest BCUT2D eigenvalue weighted by Gasteiger charge is 2.07. The minimum atomic E-state index is 0.105. The molecule has 2 aromatic rings. The molecule has 0 unspecified atom stereocenters. The number of hydrogen-bond donors (Lipinski definition) is 1. The van der Waals surface area contributed by atoms with Gasteiger partial charge in [-0.05, 0) is 12.1 Å². The van der Waals surface area contributed by atoms with Gasteiger partial charge in [0.15, 0.2) is 0 Å². The van der Waals surface area contributed by atoms with Crippen LogP contribution < -0.4 is 0 Å². The molecule has 0 saturated heterocycles. The first-order valence-electron chi connectivity index (χ1n) is 4.53. The summed E-state index contributed by atoms with van der Waals surface area (Å²) < 4.78 is 5.40. The Labute approximate surface area is 91.3 Å². The Morgan fingerprint density at radius 1 is 1.20 bits per heavy atom. The average molecular weight is 222 g/mol. The minimum absolute atomic E-state index is 0.105. The van der Waals surface area contributed by atoms with E-state index in [-0.39, 0.29) is 6.61 Å². The Kier molecular flexibility index (Phi) is 3.37. The third kappa shape index (κ3) is 2.57. The van der Waals surface area contributed by atoms with Gasteiger partial charge in [0.25, 0.3) is 5.22 Å². The van der Waals surface area contributed by atoms with Gasteiger partial charge in [0.2, 0.25) is 5.89 Å². The molecule has 0 saturated carbocycles. The van der Waals surface area contributed by atoms with E-state index in [1.807, 2.05) is 30.3 Å². The lowest BCUT2D eigenvalue weighted by molar-refractivity contribution is 0.322. The highest BCUT2D eigenvalue weighted by atomic mass is 32.2. The van der Waals surface area contributed by atoms with Gasteiger partial charge in [-0.25, -0.2) is 0 Å². The molecule has 1 aromatic heterocycles. The molecule has 1 N–H and O–H groups in total. The van der Waals surface area contributed by atoms with Crippen LogP contribution >= 0.6 is 11.8 Å². The standard InChI is InChI=1S/C10H10N2O2S/c13-6-7-15-10-12-11-9(14-10)8-4-2-1-3-5-8/h1-5,13H,6-7H2. The quantitative estimate of drug-likeness (QED) is 0.799. The lowest BCUT2D eigenvalue weighted by Crippen LogP contribution is -1.84. The van der Waals surface area contributed by atoms with E-state index in [2.05, 4.69) is 10.2 Å². The van der Waals surface area contributed by atoms with Crippen LogP contribution in [0.5, 0.6) is 0 Å². The van der Waals surface area contributed by atoms with Crippen LogP contribution in [0.15, 0.2) is 40.0 Å². The molecule has 4 nitrogen and oxygen atoms in total. The number of aliphatic hydroxyl groups is 1. The summed E-state index contributed by atoms with van der Waals surface area (Å²) in [5.74, 6) is 1.08. The smallest absolute Gasteiger partial charge is 0.276 e. The van der Waals surface area contributed by atoms with Crippen LogP contribution in [0.3, 0.4) is 0 Å². The first-order valence-corrected chi connectivity index (χ1v) is 5.51. The summed E-state index contributed by atoms with van der Waals surface area (Å²) >= 11 is 1.35. The van der Waals surface area contributed by atoms with Gasteiger partial charge in [-0.1, -0.05) is 30.0 Å². The van der Waals surface area contributed by atoms with E-state index in [4.69, 9.17) is 9.52 Å². The molecule has 0 atom stereocenters. The summed E-state index contributed by atoms with van der Waals surface area (Å²) in [6, 6.07) is 9.59. The van der Waals surface area contributed by atoms with Crippen LogP contribution in [0.4, 0.5) is 0 Å². The van der Waals surface area contributed by atoms with Crippen LogP contribution in [0, 0.1) is 0 Å². The molecule has 5 heteroatoms. The molecule has 0 aliphatic heterocycles. The van der Waals surface area contributed by atoms with E-state index in [9.17, 15) is 0 Å². The molecule has 0 aliphatic carbocycles. The number of benzene rings is 1. The number of aliphatic hydroxyl groups excluding tert-OH is 1. The largest absolute Gasteiger partial charge is 0.411 e. The van der Waals surface area contributed by atoms with Gasteiger partial charge in [0, 0.05) is 11.3 Å². The molecule has 0 aliphatic rings. The highest BCUT2D eigenvalue weighted by molar-refractivity contribution is 7.99. The highest BCUT2D eigenvalue weighted by Crippen LogP contribution is 2.22. The van der Waals surface area contributed by atoms with Crippen molar-refractivity contribution in [3.05, 3.63) is 30.3 Å². The molecule has 0 amide bonds. The van der Waals surface area contributed by atoms with Crippen LogP contribution in [0.1, 0.15) is 0 Å². The van der Waals surface area contributed by atoms with Gasteiger partial charge >= 0.3 is 0 Å². The van der Waals surface area contributed by atoms with Crippen molar-refractivity contribution < 1.29 is 9.52 Å². The molecule has 15 heavy (non-hydrogen) atoms. The fourth-order valence-electron chi connectivity index (χ4n) is 1.10. The van der Waals surface area contributed by atoms with E-state index < -0.39 is 0 Å². The Morgan fingerprint density at radius 2 is 2.00 bits per heavy atom. The maximum atomic E-state index is 8.64. The lowest BCUT2D eigenvalue weighted by atomic mass is 10.2. The number of thioether (sulfide) groups is 1. The van der Waals surface area contributed by atoms with Crippen molar-refractivity contribution in [2.45, 2.75) is 5.22 Å². The number of rotatable bonds is 4. The Balaban J connectivity index is 2.14. The first kappa shape index (κ1) is 10.2. The topological polar surface area (TPSA) is 59.2 Å². The van der Waals surface area contributed by atoms with Gasteiger partial charge in [-0.3, -0.25) is 0 Å². The summed E-state index contributed by atoms with van der Waals surface area (Å²) in [4.78, 5) is 0. The number of hydrogen-bond acceptors (Lipinski definition) is 5. The van der Waals surface area contributed by atoms with Crippen molar-refractivity contribution in [2.75, 3.05) is 12.4 Å². The van der Waals surface area contributed by atoms with Crippen LogP contribution in [-0.2, 0) is 0 Å². The van der Waals surface area contributed by atoms with Crippen molar-refractivity contribution in [1.82, 2.24) is 10.2 Å². The minimum Gasteiger partial charge on any atom is -0.411 e. The second kappa shape index (κ2) is 4.95. The second-order valence-corrected chi connectivity index (χ2v) is 3.86. The van der Waals surface area contributed by atoms with Crippen molar-refractivity contribution in [1.29, 1.82) is 0 Å². The van der Waals surface area contributed by atoms with Gasteiger partial charge in [0.05, 0.1) is 6.61 Å². The van der Waals surface area contributed by atoms with Gasteiger partial charge in [-0.2, -0.15) is 0 Å². The van der Waals surface area contributed by atoms with Crippen molar-refractivity contribution in [2.24, 2.45) is 0 Å². The maximum absolute atomic E-state index is 8.64. The Morgan fingerprint density at radius 3 is 2.73 bits per heavy atom. The van der Waals surface area contributed by atoms with Crippen molar-refractivity contribution >= 4 is 11.8 Å². The van der Waals surface area contributed by atoms with Crippen LogP contribution in [0.25, 0.3) is 11.5 Å². The number of nitrogens with zero attached hydrogens (tertiary/aromatic N) is 2. The molecule has 78 valence electrons. The van der Waals surface area contributed by atoms with E-state index in [0.29, 0.717) is 16.9 Å². The lowest BCUT2D eigenvalue weighted by Gasteiger charge is -1.92. The first-order chi connectivity index (χ1) is 7.40. The zero-order valence-electron chi connectivity index (χ0n) is 7.96. The maximum Gasteiger partial charge on any atom is 0.276 e. The zero-order chi connectivity index (χ0) is 10.5. The van der Waals surface area contributed by atoms with Crippen LogP contribution in [-0.4, -0.2) is 27.7 Å². The molecule has 2 rings (SSSR count). The summed E-state index contributed by atoms with van der Waals surface area (Å²) in [6.45, 7) is 0.105. The van der Waals surface area contributed by atoms with Gasteiger partial charge in [0.1, 0.15) is 0 Å². The molecule has 0 spiro atoms. The molecule has 0 fully saturated rings. The molecule has 1 aromatic carbocycles. The normalized spacial score (nSPS) is 10.5. The average Bonchev–Trinajstić information content (AvgIpc) is 2.76. The van der Waals surface area contributed by atoms with Gasteiger partial charge in [-0.15, -0.1) is 10.2 Å². The summed E-state index contributed by atoms with van der Waals surface area (Å²) in [6.07, 6.45) is 0. The monoisotopic (exact) mass is 222 g/mol. The predicted molar refractivity (Wildman–Crippen MR) is 57.5 cm³/mol. The molecule has 0 radical (unpaired) electrons. The van der Waals surface area contributed by atoms with E-state index in [1.54, 1.807) is 0 Å². The third-order valence-corrected chi connectivity index (χ3v) is 2.54.